The van der Waals surface area contributed by atoms with Crippen LogP contribution in [-0.2, 0) is 16.2 Å². The van der Waals surface area contributed by atoms with Gasteiger partial charge in [0, 0.05) is 17.1 Å². The number of aliphatic carboxylic acids is 2. The number of aliphatic hydroxyl groups excluding tert-OH is 1. The van der Waals surface area contributed by atoms with Crippen LogP contribution in [0.15, 0.2) is 48.5 Å². The van der Waals surface area contributed by atoms with Crippen LogP contribution in [0.1, 0.15) is 60.0 Å². The van der Waals surface area contributed by atoms with Gasteiger partial charge < -0.3 is 20.1 Å². The maximum Gasteiger partial charge on any atom is 0.313 e. The molecule has 34 heavy (non-hydrogen) atoms. The van der Waals surface area contributed by atoms with Crippen LogP contribution in [0.3, 0.4) is 0 Å². The van der Waals surface area contributed by atoms with Gasteiger partial charge in [-0.15, -0.1) is 11.8 Å². The molecule has 184 valence electrons. The fourth-order valence-electron chi connectivity index (χ4n) is 4.29. The standard InChI is InChI=1S/C26H32O6S2/c27-22(16-33-17-24(30)31)26(34-14-13-23(28)29)21-12-6-11-20(19-9-4-5-10-19)25(21)32-15-18-7-2-1-3-8-18/h1-3,6-8,11-12,19,22,26-27H,4-5,9-10,13-17H2,(H,28,29)(H,30,31). The number of carboxylic acids is 2. The first-order valence-corrected chi connectivity index (χ1v) is 13.8. The van der Waals surface area contributed by atoms with Gasteiger partial charge in [0.2, 0.25) is 0 Å². The Morgan fingerprint density at radius 1 is 1.00 bits per heavy atom. The Kier molecular flexibility index (Phi) is 10.6. The average molecular weight is 505 g/mol. The molecule has 2 aromatic rings. The van der Waals surface area contributed by atoms with E-state index in [2.05, 4.69) is 6.07 Å². The molecule has 0 bridgehead atoms. The molecule has 1 aliphatic rings. The van der Waals surface area contributed by atoms with Crippen molar-refractivity contribution in [3.8, 4) is 5.75 Å². The highest BCUT2D eigenvalue weighted by molar-refractivity contribution is 8.00. The number of para-hydroxylation sites is 1. The van der Waals surface area contributed by atoms with Crippen molar-refractivity contribution in [2.24, 2.45) is 0 Å². The van der Waals surface area contributed by atoms with Gasteiger partial charge in [-0.25, -0.2) is 0 Å². The number of hydrogen-bond acceptors (Lipinski definition) is 6. The number of hydrogen-bond donors (Lipinski definition) is 3. The van der Waals surface area contributed by atoms with Gasteiger partial charge >= 0.3 is 11.9 Å². The minimum atomic E-state index is -0.928. The summed E-state index contributed by atoms with van der Waals surface area (Å²) in [5, 5.41) is 28.7. The van der Waals surface area contributed by atoms with Crippen molar-refractivity contribution in [2.45, 2.75) is 56.0 Å². The minimum Gasteiger partial charge on any atom is -0.488 e. The molecule has 2 aromatic carbocycles. The van der Waals surface area contributed by atoms with Gasteiger partial charge in [-0.3, -0.25) is 9.59 Å². The third kappa shape index (κ3) is 7.96. The van der Waals surface area contributed by atoms with Crippen LogP contribution in [0.4, 0.5) is 0 Å². The highest BCUT2D eigenvalue weighted by atomic mass is 32.2. The van der Waals surface area contributed by atoms with E-state index in [0.717, 1.165) is 47.0 Å². The Morgan fingerprint density at radius 3 is 2.41 bits per heavy atom. The molecule has 0 radical (unpaired) electrons. The second kappa shape index (κ2) is 13.7. The summed E-state index contributed by atoms with van der Waals surface area (Å²) in [5.41, 5.74) is 3.03. The summed E-state index contributed by atoms with van der Waals surface area (Å²) in [6.07, 6.45) is 3.69. The molecule has 0 spiro atoms. The van der Waals surface area contributed by atoms with Crippen LogP contribution < -0.4 is 4.74 Å². The van der Waals surface area contributed by atoms with Gasteiger partial charge in [0.25, 0.3) is 0 Å². The number of aliphatic hydroxyl groups is 1. The summed E-state index contributed by atoms with van der Waals surface area (Å²) in [6.45, 7) is 0.397. The summed E-state index contributed by atoms with van der Waals surface area (Å²) in [5.74, 6) is -0.163. The zero-order chi connectivity index (χ0) is 24.3. The number of carbonyl (C=O) groups is 2. The predicted molar refractivity (Wildman–Crippen MR) is 137 cm³/mol. The normalized spacial score (nSPS) is 15.7. The predicted octanol–water partition coefficient (Wildman–Crippen LogP) is 5.35. The van der Waals surface area contributed by atoms with E-state index < -0.39 is 23.3 Å². The maximum atomic E-state index is 11.1. The van der Waals surface area contributed by atoms with Crippen LogP contribution in [0, 0.1) is 0 Å². The van der Waals surface area contributed by atoms with E-state index in [1.807, 2.05) is 42.5 Å². The number of ether oxygens (including phenoxy) is 1. The monoisotopic (exact) mass is 504 g/mol. The molecule has 0 amide bonds. The van der Waals surface area contributed by atoms with E-state index in [1.54, 1.807) is 0 Å². The molecule has 0 aliphatic heterocycles. The van der Waals surface area contributed by atoms with Gasteiger partial charge in [0.05, 0.1) is 23.5 Å². The molecule has 2 atom stereocenters. The molecule has 8 heteroatoms. The lowest BCUT2D eigenvalue weighted by atomic mass is 9.93. The highest BCUT2D eigenvalue weighted by Gasteiger charge is 2.29. The highest BCUT2D eigenvalue weighted by Crippen LogP contribution is 2.46. The first kappa shape index (κ1) is 26.4. The summed E-state index contributed by atoms with van der Waals surface area (Å²) < 4.78 is 6.43. The quantitative estimate of drug-likeness (QED) is 0.316. The van der Waals surface area contributed by atoms with Crippen LogP contribution in [0.5, 0.6) is 5.75 Å². The Morgan fingerprint density at radius 2 is 1.74 bits per heavy atom. The van der Waals surface area contributed by atoms with Crippen molar-refractivity contribution in [1.29, 1.82) is 0 Å². The van der Waals surface area contributed by atoms with E-state index in [9.17, 15) is 14.7 Å². The van der Waals surface area contributed by atoms with Crippen LogP contribution in [0.2, 0.25) is 0 Å². The van der Waals surface area contributed by atoms with Crippen LogP contribution in [0.25, 0.3) is 0 Å². The van der Waals surface area contributed by atoms with Gasteiger partial charge in [-0.2, -0.15) is 11.8 Å². The van der Waals surface area contributed by atoms with Gasteiger partial charge in [-0.05, 0) is 29.9 Å². The van der Waals surface area contributed by atoms with Gasteiger partial charge in [0.1, 0.15) is 12.4 Å². The van der Waals surface area contributed by atoms with E-state index in [-0.39, 0.29) is 17.9 Å². The third-order valence-electron chi connectivity index (χ3n) is 5.88. The molecule has 0 saturated heterocycles. The molecule has 3 N–H and O–H groups in total. The maximum absolute atomic E-state index is 11.1. The zero-order valence-electron chi connectivity index (χ0n) is 19.1. The van der Waals surface area contributed by atoms with E-state index in [4.69, 9.17) is 14.9 Å². The summed E-state index contributed by atoms with van der Waals surface area (Å²) in [4.78, 5) is 22.1. The number of carboxylic acid groups (broad SMARTS) is 2. The van der Waals surface area contributed by atoms with E-state index in [0.29, 0.717) is 18.3 Å². The molecule has 1 saturated carbocycles. The summed E-state index contributed by atoms with van der Waals surface area (Å²) in [7, 11) is 0. The molecular weight excluding hydrogens is 472 g/mol. The van der Waals surface area contributed by atoms with Crippen molar-refractivity contribution >= 4 is 35.5 Å². The average Bonchev–Trinajstić information content (AvgIpc) is 3.35. The SMILES string of the molecule is O=C(O)CCSC(c1cccc(C2CCCC2)c1OCc1ccccc1)C(O)CSCC(=O)O. The molecular formula is C26H32O6S2. The Balaban J connectivity index is 1.91. The molecule has 2 unspecified atom stereocenters. The minimum absolute atomic E-state index is 0.0152. The molecule has 0 aromatic heterocycles. The first-order valence-electron chi connectivity index (χ1n) is 11.6. The molecule has 6 nitrogen and oxygen atoms in total. The first-order chi connectivity index (χ1) is 16.5. The van der Waals surface area contributed by atoms with E-state index >= 15 is 0 Å². The Labute approximate surface area is 209 Å². The fraction of sp³-hybridized carbons (Fsp3) is 0.462. The van der Waals surface area contributed by atoms with Crippen molar-refractivity contribution < 1.29 is 29.6 Å². The van der Waals surface area contributed by atoms with Crippen molar-refractivity contribution in [3.63, 3.8) is 0 Å². The molecule has 0 heterocycles. The van der Waals surface area contributed by atoms with Crippen molar-refractivity contribution in [1.82, 2.24) is 0 Å². The van der Waals surface area contributed by atoms with Gasteiger partial charge in [-0.1, -0.05) is 61.4 Å². The lowest BCUT2D eigenvalue weighted by molar-refractivity contribution is -0.136. The van der Waals surface area contributed by atoms with Gasteiger partial charge in [0.15, 0.2) is 0 Å². The topological polar surface area (TPSA) is 104 Å². The molecule has 1 fully saturated rings. The zero-order valence-corrected chi connectivity index (χ0v) is 20.7. The fourth-order valence-corrected chi connectivity index (χ4v) is 6.37. The number of thioether (sulfide) groups is 2. The van der Waals surface area contributed by atoms with E-state index in [1.165, 1.54) is 24.6 Å². The summed E-state index contributed by atoms with van der Waals surface area (Å²) >= 11 is 2.54. The smallest absolute Gasteiger partial charge is 0.313 e. The Hall–Kier alpha value is -2.16. The molecule has 3 rings (SSSR count). The van der Waals surface area contributed by atoms with Crippen molar-refractivity contribution in [3.05, 3.63) is 65.2 Å². The van der Waals surface area contributed by atoms with Crippen LogP contribution in [-0.4, -0.2) is 50.6 Å². The Bertz CT molecular complexity index is 930. The largest absolute Gasteiger partial charge is 0.488 e. The lowest BCUT2D eigenvalue weighted by Crippen LogP contribution is -2.21. The number of rotatable bonds is 14. The second-order valence-electron chi connectivity index (χ2n) is 8.43. The lowest BCUT2D eigenvalue weighted by Gasteiger charge is -2.27. The number of benzene rings is 2. The second-order valence-corrected chi connectivity index (χ2v) is 10.7. The molecule has 1 aliphatic carbocycles. The summed E-state index contributed by atoms with van der Waals surface area (Å²) in [6, 6.07) is 15.9. The van der Waals surface area contributed by atoms with Crippen molar-refractivity contribution in [2.75, 3.05) is 17.3 Å². The third-order valence-corrected chi connectivity index (χ3v) is 8.28. The van der Waals surface area contributed by atoms with Crippen LogP contribution >= 0.6 is 23.5 Å².